The quantitative estimate of drug-likeness (QED) is 0.119. The predicted molar refractivity (Wildman–Crippen MR) is 150 cm³/mol. The van der Waals surface area contributed by atoms with Crippen LogP contribution in [0.1, 0.15) is 16.7 Å². The predicted octanol–water partition coefficient (Wildman–Crippen LogP) is -3.53. The monoisotopic (exact) mass is 814 g/mol. The molecule has 0 N–H and O–H groups in total. The Hall–Kier alpha value is -2.21. The smallest absolute Gasteiger partial charge is 0.222 e. The third kappa shape index (κ3) is 14.3. The van der Waals surface area contributed by atoms with E-state index >= 15 is 0 Å². The van der Waals surface area contributed by atoms with Gasteiger partial charge >= 0.3 is 21.2 Å². The molecule has 0 fully saturated rings. The van der Waals surface area contributed by atoms with Crippen LogP contribution in [0.15, 0.2) is 146 Å². The minimum Gasteiger partial charge on any atom is -0.222 e. The van der Waals surface area contributed by atoms with Gasteiger partial charge in [0.25, 0.3) is 0 Å². The van der Waals surface area contributed by atoms with Crippen molar-refractivity contribution in [3.8, 4) is 0 Å². The zero-order chi connectivity index (χ0) is 33.9. The topological polar surface area (TPSA) is 184 Å². The Morgan fingerprint density at radius 3 is 1.24 bits per heavy atom. The lowest BCUT2D eigenvalue weighted by Gasteiger charge is -2.17. The number of rotatable bonds is 7. The molecule has 0 bridgehead atoms. The van der Waals surface area contributed by atoms with Crippen molar-refractivity contribution in [3.05, 3.63) is 145 Å². The van der Waals surface area contributed by atoms with Crippen molar-refractivity contribution in [1.29, 1.82) is 0 Å². The summed E-state index contributed by atoms with van der Waals surface area (Å²) in [5.41, 5.74) is 4.22. The van der Waals surface area contributed by atoms with E-state index in [4.69, 9.17) is 37.3 Å². The van der Waals surface area contributed by atoms with Crippen LogP contribution < -0.4 is 58.5 Å². The standard InChI is InChI=1S/C33H29IS2.2ClHO4/c1-24-22-25(2)33(26(3)23-24)34-27-14-16-28(17-15-27)35-29-18-20-32(21-19-29)36(30-10-6-4-7-11-30)31-12-8-5-9-13-31;2*2-1(3,4)5/h4-23H,1-3H3;2*(H,2,3,4,5)/q+2;;/p-2. The zero-order valence-electron chi connectivity index (χ0n) is 24.8. The third-order valence-electron chi connectivity index (χ3n) is 5.85. The first-order valence-corrected chi connectivity index (χ1v) is 19.9. The molecule has 0 aromatic heterocycles. The van der Waals surface area contributed by atoms with Crippen LogP contribution in [0, 0.1) is 48.4 Å². The van der Waals surface area contributed by atoms with Crippen LogP contribution in [0.2, 0.25) is 0 Å². The zero-order valence-corrected chi connectivity index (χ0v) is 30.1. The Balaban J connectivity index is 0.000000503. The Labute approximate surface area is 290 Å². The molecule has 0 saturated carbocycles. The van der Waals surface area contributed by atoms with Gasteiger partial charge in [0.15, 0.2) is 21.8 Å². The minimum absolute atomic E-state index is 0.103. The van der Waals surface area contributed by atoms with Crippen LogP contribution in [-0.4, -0.2) is 0 Å². The van der Waals surface area contributed by atoms with Crippen LogP contribution >= 0.6 is 11.8 Å². The van der Waals surface area contributed by atoms with E-state index in [2.05, 4.69) is 142 Å². The van der Waals surface area contributed by atoms with E-state index in [1.54, 1.807) is 3.57 Å². The Bertz CT molecular complexity index is 1560. The van der Waals surface area contributed by atoms with Crippen molar-refractivity contribution in [3.63, 3.8) is 0 Å². The maximum Gasteiger partial charge on any atom is 0.358 e. The summed E-state index contributed by atoms with van der Waals surface area (Å²) < 4.78 is 71.0. The van der Waals surface area contributed by atoms with Gasteiger partial charge in [-0.05, 0) is 93.6 Å². The molecule has 0 aliphatic carbocycles. The van der Waals surface area contributed by atoms with Crippen LogP contribution in [0.4, 0.5) is 0 Å². The summed E-state index contributed by atoms with van der Waals surface area (Å²) in [4.78, 5) is 6.61. The molecule has 0 aliphatic rings. The summed E-state index contributed by atoms with van der Waals surface area (Å²) in [7, 11) is -9.99. The summed E-state index contributed by atoms with van der Waals surface area (Å²) in [5.74, 6) is 0. The second-order valence-corrected chi connectivity index (χ2v) is 17.1. The summed E-state index contributed by atoms with van der Waals surface area (Å²) in [5, 5.41) is 0. The average Bonchev–Trinajstić information content (AvgIpc) is 2.96. The SMILES string of the molecule is Cc1cc(C)c([I+]c2ccc(Sc3ccc([S+](c4ccccc4)c4ccccc4)cc3)cc2)c(C)c1.[O-][Cl+3]([O-])([O-])[O-].[O-][Cl+3]([O-])([O-])[O-]. The first-order chi connectivity index (χ1) is 21.6. The van der Waals surface area contributed by atoms with Crippen LogP contribution in [-0.2, 0) is 10.9 Å². The van der Waals surface area contributed by atoms with Gasteiger partial charge in [0.1, 0.15) is 0 Å². The summed E-state index contributed by atoms with van der Waals surface area (Å²) in [6.07, 6.45) is 0. The number of hydrogen-bond acceptors (Lipinski definition) is 9. The molecule has 0 spiro atoms. The highest BCUT2D eigenvalue weighted by Crippen LogP contribution is 2.33. The minimum atomic E-state index is -4.94. The van der Waals surface area contributed by atoms with Gasteiger partial charge in [0.05, 0.1) is 10.9 Å². The second-order valence-electron chi connectivity index (χ2n) is 9.52. The molecular formula is C33H29Cl2IO8S2. The van der Waals surface area contributed by atoms with Gasteiger partial charge in [-0.15, -0.1) is 20.5 Å². The van der Waals surface area contributed by atoms with E-state index < -0.39 is 20.5 Å². The van der Waals surface area contributed by atoms with Crippen molar-refractivity contribution in [2.24, 2.45) is 0 Å². The van der Waals surface area contributed by atoms with Gasteiger partial charge < -0.3 is 0 Å². The molecule has 0 heterocycles. The highest BCUT2D eigenvalue weighted by molar-refractivity contribution is 7.99. The number of halogens is 3. The molecule has 0 saturated heterocycles. The molecule has 46 heavy (non-hydrogen) atoms. The van der Waals surface area contributed by atoms with E-state index in [9.17, 15) is 0 Å². The van der Waals surface area contributed by atoms with Gasteiger partial charge in [0.2, 0.25) is 0 Å². The molecule has 8 nitrogen and oxygen atoms in total. The Kier molecular flexibility index (Phi) is 14.8. The van der Waals surface area contributed by atoms with Gasteiger partial charge in [-0.2, -0.15) is 0 Å². The first-order valence-electron chi connectivity index (χ1n) is 13.3. The molecule has 5 aromatic rings. The van der Waals surface area contributed by atoms with Crippen molar-refractivity contribution in [2.75, 3.05) is 0 Å². The molecule has 5 aromatic carbocycles. The van der Waals surface area contributed by atoms with Crippen LogP contribution in [0.5, 0.6) is 0 Å². The van der Waals surface area contributed by atoms with Crippen molar-refractivity contribution >= 4 is 22.7 Å². The normalized spacial score (nSPS) is 11.3. The fraction of sp³-hybridized carbons (Fsp3) is 0.0909. The van der Waals surface area contributed by atoms with E-state index in [0.29, 0.717) is 0 Å². The number of aryl methyl sites for hydroxylation is 3. The van der Waals surface area contributed by atoms with Crippen LogP contribution in [0.3, 0.4) is 0 Å². The van der Waals surface area contributed by atoms with Crippen LogP contribution in [0.25, 0.3) is 0 Å². The molecule has 5 rings (SSSR count). The van der Waals surface area contributed by atoms with Crippen molar-refractivity contribution in [1.82, 2.24) is 0 Å². The fourth-order valence-electron chi connectivity index (χ4n) is 4.29. The lowest BCUT2D eigenvalue weighted by atomic mass is 10.1. The van der Waals surface area contributed by atoms with Gasteiger partial charge in [-0.3, -0.25) is 0 Å². The summed E-state index contributed by atoms with van der Waals surface area (Å²) in [6, 6.07) is 44.7. The molecule has 0 amide bonds. The Morgan fingerprint density at radius 1 is 0.500 bits per heavy atom. The summed E-state index contributed by atoms with van der Waals surface area (Å²) in [6.45, 7) is 6.69. The third-order valence-corrected chi connectivity index (χ3v) is 12.7. The van der Waals surface area contributed by atoms with Gasteiger partial charge in [-0.1, -0.05) is 65.9 Å². The van der Waals surface area contributed by atoms with E-state index in [0.717, 1.165) is 0 Å². The number of hydrogen-bond donors (Lipinski definition) is 0. The number of benzene rings is 5. The molecule has 242 valence electrons. The maximum atomic E-state index is 8.49. The van der Waals surface area contributed by atoms with Crippen molar-refractivity contribution in [2.45, 2.75) is 45.2 Å². The van der Waals surface area contributed by atoms with Gasteiger partial charge in [0, 0.05) is 20.9 Å². The maximum absolute atomic E-state index is 8.49. The molecular weight excluding hydrogens is 786 g/mol. The Morgan fingerprint density at radius 2 is 0.848 bits per heavy atom. The lowest BCUT2D eigenvalue weighted by Crippen LogP contribution is -3.62. The largest absolute Gasteiger partial charge is 0.358 e. The highest BCUT2D eigenvalue weighted by atomic mass is 127. The lowest BCUT2D eigenvalue weighted by molar-refractivity contribution is -2.00. The van der Waals surface area contributed by atoms with E-state index in [-0.39, 0.29) is 32.1 Å². The first kappa shape index (κ1) is 38.2. The summed E-state index contributed by atoms with van der Waals surface area (Å²) >= 11 is 1.67. The second kappa shape index (κ2) is 17.8. The molecule has 0 aliphatic heterocycles. The average molecular weight is 816 g/mol. The van der Waals surface area contributed by atoms with Gasteiger partial charge in [-0.25, -0.2) is 37.3 Å². The highest BCUT2D eigenvalue weighted by Gasteiger charge is 2.28. The van der Waals surface area contributed by atoms with E-state index in [1.807, 2.05) is 11.8 Å². The molecule has 0 radical (unpaired) electrons. The molecule has 13 heteroatoms. The molecule has 0 atom stereocenters. The van der Waals surface area contributed by atoms with Crippen molar-refractivity contribution < 1.29 is 79.0 Å². The molecule has 0 unspecified atom stereocenters. The fourth-order valence-corrected chi connectivity index (χ4v) is 9.69. The van der Waals surface area contributed by atoms with E-state index in [1.165, 1.54) is 44.7 Å².